The van der Waals surface area contributed by atoms with Crippen molar-refractivity contribution >= 4 is 22.9 Å². The highest BCUT2D eigenvalue weighted by atomic mass is 32.1. The summed E-state index contributed by atoms with van der Waals surface area (Å²) < 4.78 is 10.9. The molecule has 27 heavy (non-hydrogen) atoms. The van der Waals surface area contributed by atoms with Crippen LogP contribution in [0, 0.1) is 0 Å². The molecule has 0 aliphatic rings. The van der Waals surface area contributed by atoms with Crippen LogP contribution in [0.5, 0.6) is 5.75 Å². The predicted octanol–water partition coefficient (Wildman–Crippen LogP) is 4.48. The molecular formula is C20H15N3O3S. The number of carbonyl (C=O) groups is 1. The van der Waals surface area contributed by atoms with E-state index in [1.54, 1.807) is 18.2 Å². The van der Waals surface area contributed by atoms with Gasteiger partial charge in [-0.1, -0.05) is 41.6 Å². The average Bonchev–Trinajstić information content (AvgIpc) is 3.39. The molecule has 2 aromatic carbocycles. The quantitative estimate of drug-likeness (QED) is 0.536. The molecule has 1 N–H and O–H groups in total. The summed E-state index contributed by atoms with van der Waals surface area (Å²) in [5.74, 6) is 1.23. The third-order valence-corrected chi connectivity index (χ3v) is 4.58. The maximum Gasteiger partial charge on any atom is 0.262 e. The molecule has 2 aromatic heterocycles. The van der Waals surface area contributed by atoms with Crippen LogP contribution in [0.2, 0.25) is 0 Å². The molecule has 0 saturated heterocycles. The summed E-state index contributed by atoms with van der Waals surface area (Å²) in [6.45, 7) is -0.0946. The Morgan fingerprint density at radius 2 is 1.85 bits per heavy atom. The van der Waals surface area contributed by atoms with Gasteiger partial charge in [0.2, 0.25) is 5.82 Å². The number of benzene rings is 2. The molecule has 0 aliphatic carbocycles. The molecule has 6 nitrogen and oxygen atoms in total. The molecule has 0 unspecified atom stereocenters. The molecule has 0 fully saturated rings. The normalized spacial score (nSPS) is 10.5. The highest BCUT2D eigenvalue weighted by Gasteiger charge is 2.16. The second kappa shape index (κ2) is 7.84. The first-order valence-electron chi connectivity index (χ1n) is 8.24. The number of hydrogen-bond donors (Lipinski definition) is 1. The fraction of sp³-hybridized carbons (Fsp3) is 0.0500. The Kier molecular flexibility index (Phi) is 4.93. The number of carbonyl (C=O) groups excluding carboxylic acids is 1. The zero-order valence-electron chi connectivity index (χ0n) is 14.2. The van der Waals surface area contributed by atoms with Crippen LogP contribution in [0.25, 0.3) is 22.2 Å². The summed E-state index contributed by atoms with van der Waals surface area (Å²) in [5.41, 5.74) is 1.24. The lowest BCUT2D eigenvalue weighted by atomic mass is 10.1. The van der Waals surface area contributed by atoms with Crippen LogP contribution in [0.4, 0.5) is 5.69 Å². The van der Waals surface area contributed by atoms with E-state index >= 15 is 0 Å². The summed E-state index contributed by atoms with van der Waals surface area (Å²) in [5, 5.41) is 8.80. The molecule has 0 bridgehead atoms. The Bertz CT molecular complexity index is 1030. The third kappa shape index (κ3) is 4.04. The second-order valence-electron chi connectivity index (χ2n) is 5.60. The number of para-hydroxylation sites is 2. The number of ether oxygens (including phenoxy) is 1. The van der Waals surface area contributed by atoms with Crippen LogP contribution in [0.15, 0.2) is 76.6 Å². The molecule has 4 rings (SSSR count). The van der Waals surface area contributed by atoms with Crippen molar-refractivity contribution in [1.82, 2.24) is 10.1 Å². The van der Waals surface area contributed by atoms with Crippen molar-refractivity contribution in [2.75, 3.05) is 11.9 Å². The van der Waals surface area contributed by atoms with Crippen molar-refractivity contribution in [3.63, 3.8) is 0 Å². The maximum atomic E-state index is 12.3. The minimum Gasteiger partial charge on any atom is -0.484 e. The van der Waals surface area contributed by atoms with E-state index in [1.165, 1.54) is 11.3 Å². The van der Waals surface area contributed by atoms with Crippen LogP contribution < -0.4 is 10.1 Å². The lowest BCUT2D eigenvalue weighted by molar-refractivity contribution is -0.118. The van der Waals surface area contributed by atoms with E-state index < -0.39 is 0 Å². The van der Waals surface area contributed by atoms with Gasteiger partial charge in [0.1, 0.15) is 5.75 Å². The first-order chi connectivity index (χ1) is 13.3. The average molecular weight is 377 g/mol. The number of thiophene rings is 1. The lowest BCUT2D eigenvalue weighted by Crippen LogP contribution is -2.20. The Hall–Kier alpha value is -3.45. The zero-order chi connectivity index (χ0) is 18.5. The molecule has 7 heteroatoms. The van der Waals surface area contributed by atoms with E-state index in [1.807, 2.05) is 53.9 Å². The smallest absolute Gasteiger partial charge is 0.262 e. The molecule has 0 radical (unpaired) electrons. The monoisotopic (exact) mass is 377 g/mol. The van der Waals surface area contributed by atoms with E-state index in [9.17, 15) is 4.79 Å². The Balaban J connectivity index is 1.49. The summed E-state index contributed by atoms with van der Waals surface area (Å²) >= 11 is 1.53. The van der Waals surface area contributed by atoms with E-state index in [0.717, 1.165) is 4.88 Å². The van der Waals surface area contributed by atoms with Gasteiger partial charge in [-0.2, -0.15) is 4.98 Å². The van der Waals surface area contributed by atoms with Crippen LogP contribution >= 0.6 is 11.3 Å². The van der Waals surface area contributed by atoms with Gasteiger partial charge in [-0.25, -0.2) is 0 Å². The molecule has 4 aromatic rings. The minimum absolute atomic E-state index is 0.0946. The van der Waals surface area contributed by atoms with Gasteiger partial charge in [0.05, 0.1) is 16.1 Å². The van der Waals surface area contributed by atoms with Gasteiger partial charge in [0.25, 0.3) is 11.8 Å². The highest BCUT2D eigenvalue weighted by Crippen LogP contribution is 2.29. The topological polar surface area (TPSA) is 77.2 Å². The molecule has 134 valence electrons. The summed E-state index contributed by atoms with van der Waals surface area (Å²) in [4.78, 5) is 17.6. The minimum atomic E-state index is -0.274. The van der Waals surface area contributed by atoms with Crippen molar-refractivity contribution in [1.29, 1.82) is 0 Å². The number of nitrogens with one attached hydrogen (secondary N) is 1. The zero-order valence-corrected chi connectivity index (χ0v) is 15.0. The third-order valence-electron chi connectivity index (χ3n) is 3.71. The standard InChI is InChI=1S/C20H15N3O3S/c24-18(13-25-14-7-2-1-3-8-14)21-16-10-5-4-9-15(16)20-22-19(23-26-20)17-11-6-12-27-17/h1-12H,13H2,(H,21,24). The lowest BCUT2D eigenvalue weighted by Gasteiger charge is -2.09. The van der Waals surface area contributed by atoms with Gasteiger partial charge in [-0.05, 0) is 35.7 Å². The molecule has 0 saturated carbocycles. The molecule has 2 heterocycles. The maximum absolute atomic E-state index is 12.3. The Morgan fingerprint density at radius 3 is 2.67 bits per heavy atom. The summed E-state index contributed by atoms with van der Waals surface area (Å²) in [7, 11) is 0. The number of nitrogens with zero attached hydrogens (tertiary/aromatic N) is 2. The largest absolute Gasteiger partial charge is 0.484 e. The number of amides is 1. The summed E-state index contributed by atoms with van der Waals surface area (Å²) in [6, 6.07) is 20.3. The van der Waals surface area contributed by atoms with E-state index in [-0.39, 0.29) is 12.5 Å². The van der Waals surface area contributed by atoms with Gasteiger partial charge in [0.15, 0.2) is 6.61 Å². The van der Waals surface area contributed by atoms with Crippen molar-refractivity contribution in [3.8, 4) is 27.9 Å². The number of anilines is 1. The van der Waals surface area contributed by atoms with Gasteiger partial charge in [0, 0.05) is 0 Å². The second-order valence-corrected chi connectivity index (χ2v) is 6.54. The van der Waals surface area contributed by atoms with Crippen LogP contribution in [-0.4, -0.2) is 22.7 Å². The molecule has 0 atom stereocenters. The highest BCUT2D eigenvalue weighted by molar-refractivity contribution is 7.13. The van der Waals surface area contributed by atoms with Gasteiger partial charge >= 0.3 is 0 Å². The number of rotatable bonds is 6. The van der Waals surface area contributed by atoms with E-state index in [4.69, 9.17) is 9.26 Å². The Morgan fingerprint density at radius 1 is 1.04 bits per heavy atom. The fourth-order valence-corrected chi connectivity index (χ4v) is 3.12. The number of hydrogen-bond acceptors (Lipinski definition) is 6. The van der Waals surface area contributed by atoms with Gasteiger partial charge in [-0.3, -0.25) is 4.79 Å². The molecule has 0 spiro atoms. The van der Waals surface area contributed by atoms with Crippen LogP contribution in [0.3, 0.4) is 0 Å². The Labute approximate surface area is 159 Å². The fourth-order valence-electron chi connectivity index (χ4n) is 2.47. The number of aromatic nitrogens is 2. The molecule has 1 amide bonds. The predicted molar refractivity (Wildman–Crippen MR) is 104 cm³/mol. The first kappa shape index (κ1) is 17.0. The SMILES string of the molecule is O=C(COc1ccccc1)Nc1ccccc1-c1nc(-c2cccs2)no1. The van der Waals surface area contributed by atoms with Gasteiger partial charge < -0.3 is 14.6 Å². The first-order valence-corrected chi connectivity index (χ1v) is 9.12. The van der Waals surface area contributed by atoms with Crippen LogP contribution in [0.1, 0.15) is 0 Å². The van der Waals surface area contributed by atoms with Crippen LogP contribution in [-0.2, 0) is 4.79 Å². The van der Waals surface area contributed by atoms with E-state index in [0.29, 0.717) is 28.7 Å². The van der Waals surface area contributed by atoms with Crippen molar-refractivity contribution < 1.29 is 14.1 Å². The molecular weight excluding hydrogens is 362 g/mol. The van der Waals surface area contributed by atoms with E-state index in [2.05, 4.69) is 15.5 Å². The molecule has 0 aliphatic heterocycles. The van der Waals surface area contributed by atoms with Gasteiger partial charge in [-0.15, -0.1) is 11.3 Å². The summed E-state index contributed by atoms with van der Waals surface area (Å²) in [6.07, 6.45) is 0. The van der Waals surface area contributed by atoms with Crippen molar-refractivity contribution in [3.05, 3.63) is 72.1 Å². The van der Waals surface area contributed by atoms with Crippen molar-refractivity contribution in [2.45, 2.75) is 0 Å². The van der Waals surface area contributed by atoms with Crippen molar-refractivity contribution in [2.24, 2.45) is 0 Å².